The molecule has 5 N–H and O–H groups in total. The lowest BCUT2D eigenvalue weighted by atomic mass is 9.96. The first kappa shape index (κ1) is 75.1. The molecule has 0 radical (unpaired) electrons. The summed E-state index contributed by atoms with van der Waals surface area (Å²) >= 11 is 0. The molecule has 107 heavy (non-hydrogen) atoms. The van der Waals surface area contributed by atoms with Crippen molar-refractivity contribution in [3.05, 3.63) is 143 Å². The van der Waals surface area contributed by atoms with Gasteiger partial charge in [0.25, 0.3) is 5.92 Å². The van der Waals surface area contributed by atoms with Crippen LogP contribution < -0.4 is 45.3 Å². The lowest BCUT2D eigenvalue weighted by Gasteiger charge is -2.46. The molecule has 0 spiro atoms. The molecule has 3 saturated heterocycles. The third-order valence-corrected chi connectivity index (χ3v) is 21.8. The van der Waals surface area contributed by atoms with Gasteiger partial charge in [0.05, 0.1) is 58.4 Å². The summed E-state index contributed by atoms with van der Waals surface area (Å²) in [4.78, 5) is 110. The first-order valence-electron chi connectivity index (χ1n) is 36.8. The third kappa shape index (κ3) is 16.3. The Hall–Kier alpha value is -10.2. The van der Waals surface area contributed by atoms with E-state index in [9.17, 15) is 63.9 Å². The van der Waals surface area contributed by atoms with Crippen molar-refractivity contribution in [2.45, 2.75) is 168 Å². The summed E-state index contributed by atoms with van der Waals surface area (Å²) in [7, 11) is 0. The fraction of sp³-hybridized carbons (Fsp3) is 0.456. The minimum Gasteiger partial charge on any atom is -0.366 e. The average Bonchev–Trinajstić information content (AvgIpc) is 1.59. The van der Waals surface area contributed by atoms with Gasteiger partial charge in [-0.25, -0.2) is 38.1 Å². The molecule has 3 aromatic carbocycles. The second kappa shape index (κ2) is 30.2. The number of pyridine rings is 3. The van der Waals surface area contributed by atoms with Gasteiger partial charge in [-0.2, -0.15) is 26.3 Å². The number of urea groups is 3. The molecule has 7 aliphatic rings. The molecule has 11 heterocycles. The van der Waals surface area contributed by atoms with Crippen molar-refractivity contribution < 1.29 is 63.9 Å². The zero-order valence-corrected chi connectivity index (χ0v) is 60.8. The highest BCUT2D eigenvalue weighted by atomic mass is 19.4. The number of nitrogens with one attached hydrogen (secondary N) is 5. The van der Waals surface area contributed by atoms with Crippen molar-refractivity contribution in [1.29, 1.82) is 0 Å². The van der Waals surface area contributed by atoms with Gasteiger partial charge in [0, 0.05) is 111 Å². The van der Waals surface area contributed by atoms with Crippen molar-refractivity contribution in [2.24, 2.45) is 23.7 Å². The molecule has 1 saturated carbocycles. The summed E-state index contributed by atoms with van der Waals surface area (Å²) in [5.74, 6) is -7.29. The number of aryl methyl sites for hydroxylation is 4. The van der Waals surface area contributed by atoms with Crippen LogP contribution in [0.4, 0.5) is 101 Å². The van der Waals surface area contributed by atoms with Crippen LogP contribution in [0.2, 0.25) is 0 Å². The highest BCUT2D eigenvalue weighted by Crippen LogP contribution is 2.51. The molecule has 28 heteroatoms. The van der Waals surface area contributed by atoms with Crippen LogP contribution >= 0.6 is 0 Å². The van der Waals surface area contributed by atoms with Gasteiger partial charge in [-0.05, 0) is 155 Å². The number of aromatic nitrogens is 5. The number of carbonyl (C=O) groups is 6. The molecule has 20 nitrogen and oxygen atoms in total. The van der Waals surface area contributed by atoms with Crippen molar-refractivity contribution in [2.75, 3.05) is 84.6 Å². The molecule has 4 fully saturated rings. The maximum absolute atomic E-state index is 13.6. The van der Waals surface area contributed by atoms with Crippen LogP contribution in [0.15, 0.2) is 103 Å². The standard InChI is InChI=1S/C28H35F3N4O2.C26H28F3N5O2.C25H25F2N5O2/c1-4-18(2)7-8-20-9-11-21(12-10-20)32-27(37)35-22-6-5-15-34(17-22)24-14-13-23(33-26(24)35)25(36)16-19(3)28(29,30)31;1-14-6-7-18-19(9-14)30-12-21(18)32-25(36)34-17-5-4-8-33(13-17)23-15(2)10-20(31-24(23)34)22(35)11-16(3)26(27,28)29;1-14-4-5-17-19(9-14)28-12-20(17)30-24(34)32-16-3-2-8-31(13-16)21-7-6-18(29-23(21)32)22(33)10-15-11-25(15,26)27/h9-14,18-19,22H,4-8,15-17H2,1-3H3,(H,32,37);6-7,9-10,12,16-17,30H,4-5,8,11,13H2,1-3H3,(H,32,36);4-7,9,12,15-16,28H,2-3,8,10-11,13H2,1H3,(H,30,34)/t18-,19+,22+;16?,17-;15-,16+/m101/s1. The van der Waals surface area contributed by atoms with Gasteiger partial charge in [-0.3, -0.25) is 29.1 Å². The van der Waals surface area contributed by atoms with Crippen LogP contribution in [0.1, 0.15) is 158 Å². The summed E-state index contributed by atoms with van der Waals surface area (Å²) in [5, 5.41) is 10.7. The van der Waals surface area contributed by atoms with Gasteiger partial charge in [0.2, 0.25) is 0 Å². The Morgan fingerprint density at radius 3 is 1.47 bits per heavy atom. The summed E-state index contributed by atoms with van der Waals surface area (Å²) in [6, 6.07) is 26.3. The lowest BCUT2D eigenvalue weighted by molar-refractivity contribution is -0.169. The second-order valence-electron chi connectivity index (χ2n) is 29.9. The number of H-pyrrole nitrogens is 2. The van der Waals surface area contributed by atoms with Crippen LogP contribution in [0.5, 0.6) is 0 Å². The van der Waals surface area contributed by atoms with E-state index in [0.29, 0.717) is 71.3 Å². The number of Topliss-reactive ketones (excluding diaryl/α,β-unsaturated/α-hetero) is 3. The minimum absolute atomic E-state index is 0.0520. The molecule has 1 unspecified atom stereocenters. The monoisotopic (exact) mass is 1480 g/mol. The van der Waals surface area contributed by atoms with E-state index in [4.69, 9.17) is 0 Å². The molecule has 6 bridgehead atoms. The SMILES string of the molecule is CC[C@@H](C)CCc1ccc(NC(=O)N2c3nc(C(=O)C[C@H](C)C(F)(F)F)ccc3N3CCC[C@H]2C3)cc1.Cc1ccc2c(NC(=O)N3c4nc(C(=O)CC(C)C(F)(F)F)cc(C)c4N4CCC[C@H]3C4)c[nH]c2c1.Cc1ccc2c(NC(=O)N3c4nc(C(=O)C[C@@H]5CC5(F)F)ccc4N4CCC[C@H]3C4)c[nH]c2c1. The molecule has 5 aromatic heterocycles. The Morgan fingerprint density at radius 1 is 0.551 bits per heavy atom. The van der Waals surface area contributed by atoms with E-state index in [-0.39, 0.29) is 66.1 Å². The molecule has 7 atom stereocenters. The number of carbonyl (C=O) groups excluding carboxylic acids is 6. The van der Waals surface area contributed by atoms with E-state index >= 15 is 0 Å². The maximum atomic E-state index is 13.6. The lowest BCUT2D eigenvalue weighted by Crippen LogP contribution is -2.56. The molecule has 566 valence electrons. The fourth-order valence-corrected chi connectivity index (χ4v) is 15.2. The van der Waals surface area contributed by atoms with Crippen molar-refractivity contribution in [3.8, 4) is 0 Å². The summed E-state index contributed by atoms with van der Waals surface area (Å²) < 4.78 is 105. The Morgan fingerprint density at radius 2 is 0.991 bits per heavy atom. The van der Waals surface area contributed by atoms with Crippen LogP contribution in [0, 0.1) is 44.4 Å². The zero-order chi connectivity index (χ0) is 76.1. The number of rotatable bonds is 16. The Kier molecular flexibility index (Phi) is 21.2. The number of alkyl halides is 8. The summed E-state index contributed by atoms with van der Waals surface area (Å²) in [6.45, 7) is 16.6. The Bertz CT molecular complexity index is 4710. The van der Waals surface area contributed by atoms with Gasteiger partial charge in [0.15, 0.2) is 34.8 Å². The first-order chi connectivity index (χ1) is 50.9. The Balaban J connectivity index is 0.000000142. The number of aromatic amines is 2. The maximum Gasteiger partial charge on any atom is 0.391 e. The van der Waals surface area contributed by atoms with Gasteiger partial charge in [0.1, 0.15) is 17.1 Å². The molecule has 8 aromatic rings. The third-order valence-electron chi connectivity index (χ3n) is 21.8. The fourth-order valence-electron chi connectivity index (χ4n) is 15.2. The van der Waals surface area contributed by atoms with E-state index < -0.39 is 66.2 Å². The average molecular weight is 1480 g/mol. The summed E-state index contributed by atoms with van der Waals surface area (Å²) in [5.41, 5.74) is 10.2. The van der Waals surface area contributed by atoms with Crippen molar-refractivity contribution in [1.82, 2.24) is 24.9 Å². The molecular weight excluding hydrogens is 1390 g/mol. The van der Waals surface area contributed by atoms with Gasteiger partial charge < -0.3 is 40.6 Å². The van der Waals surface area contributed by atoms with E-state index in [2.05, 4.69) is 69.4 Å². The van der Waals surface area contributed by atoms with Crippen LogP contribution in [0.25, 0.3) is 21.8 Å². The van der Waals surface area contributed by atoms with Crippen molar-refractivity contribution in [3.63, 3.8) is 0 Å². The van der Waals surface area contributed by atoms with Crippen LogP contribution in [-0.2, 0) is 6.42 Å². The predicted octanol–water partition coefficient (Wildman–Crippen LogP) is 17.9. The Labute approximate surface area is 614 Å². The number of piperidine rings is 3. The zero-order valence-electron chi connectivity index (χ0n) is 60.8. The number of hydrogen-bond acceptors (Lipinski definition) is 12. The number of amides is 6. The van der Waals surface area contributed by atoms with Crippen molar-refractivity contribution >= 4 is 109 Å². The number of nitrogens with zero attached hydrogens (tertiary/aromatic N) is 9. The van der Waals surface area contributed by atoms with E-state index in [1.54, 1.807) is 52.2 Å². The highest BCUT2D eigenvalue weighted by Gasteiger charge is 2.57. The number of anilines is 9. The molecule has 1 aliphatic carbocycles. The number of ketones is 3. The largest absolute Gasteiger partial charge is 0.391 e. The molecule has 6 amide bonds. The number of fused-ring (bicyclic) bond motifs is 14. The number of hydrogen-bond donors (Lipinski definition) is 5. The van der Waals surface area contributed by atoms with E-state index in [0.717, 1.165) is 136 Å². The normalized spacial score (nSPS) is 19.7. The molecule has 6 aliphatic heterocycles. The summed E-state index contributed by atoms with van der Waals surface area (Å²) in [6.07, 6.45) is 1.07. The number of halogens is 8. The van der Waals surface area contributed by atoms with Gasteiger partial charge in [-0.15, -0.1) is 0 Å². The van der Waals surface area contributed by atoms with E-state index in [1.807, 2.05) is 74.5 Å². The van der Waals surface area contributed by atoms with Crippen LogP contribution in [0.3, 0.4) is 0 Å². The van der Waals surface area contributed by atoms with Crippen LogP contribution in [-0.4, -0.2) is 136 Å². The molecular formula is C79H88F8N14O6. The van der Waals surface area contributed by atoms with Gasteiger partial charge >= 0.3 is 30.4 Å². The quantitative estimate of drug-likeness (QED) is 0.0450. The highest BCUT2D eigenvalue weighted by molar-refractivity contribution is 6.11. The topological polar surface area (TPSA) is 228 Å². The second-order valence-corrected chi connectivity index (χ2v) is 29.9. The first-order valence-corrected chi connectivity index (χ1v) is 36.8. The smallest absolute Gasteiger partial charge is 0.366 e. The molecule has 15 rings (SSSR count). The minimum atomic E-state index is -4.47. The van der Waals surface area contributed by atoms with Gasteiger partial charge in [-0.1, -0.05) is 70.5 Å². The number of benzene rings is 3. The van der Waals surface area contributed by atoms with E-state index in [1.165, 1.54) is 17.7 Å². The predicted molar refractivity (Wildman–Crippen MR) is 398 cm³/mol.